The smallest absolute Gasteiger partial charge is 0.166 e. The summed E-state index contributed by atoms with van der Waals surface area (Å²) in [6.07, 6.45) is -1.08. The molecule has 3 aromatic rings. The van der Waals surface area contributed by atoms with Crippen LogP contribution in [0.25, 0.3) is 21.5 Å². The van der Waals surface area contributed by atoms with Gasteiger partial charge in [0, 0.05) is 5.56 Å². The third-order valence-corrected chi connectivity index (χ3v) is 3.22. The molecule has 0 fully saturated rings. The van der Waals surface area contributed by atoms with Crippen molar-refractivity contribution in [1.82, 2.24) is 0 Å². The molecule has 0 heterocycles. The Labute approximate surface area is 105 Å². The molecule has 0 aliphatic carbocycles. The van der Waals surface area contributed by atoms with Crippen LogP contribution in [-0.4, -0.2) is 5.11 Å². The average Bonchev–Trinajstić information content (AvgIpc) is 2.45. The normalized spacial score (nSPS) is 12.4. The van der Waals surface area contributed by atoms with Crippen LogP contribution in [0.3, 0.4) is 0 Å². The van der Waals surface area contributed by atoms with Crippen LogP contribution < -0.4 is 0 Å². The Bertz CT molecular complexity index is 771. The number of rotatable bonds is 1. The first kappa shape index (κ1) is 10.8. The van der Waals surface area contributed by atoms with Gasteiger partial charge in [-0.05, 0) is 27.6 Å². The van der Waals surface area contributed by atoms with E-state index in [0.717, 1.165) is 21.5 Å². The van der Waals surface area contributed by atoms with Crippen molar-refractivity contribution in [3.05, 3.63) is 60.2 Å². The second-order valence-corrected chi connectivity index (χ2v) is 4.26. The van der Waals surface area contributed by atoms with E-state index in [4.69, 9.17) is 5.26 Å². The topological polar surface area (TPSA) is 44.0 Å². The van der Waals surface area contributed by atoms with Gasteiger partial charge in [-0.3, -0.25) is 0 Å². The van der Waals surface area contributed by atoms with Gasteiger partial charge < -0.3 is 5.11 Å². The van der Waals surface area contributed by atoms with Crippen molar-refractivity contribution in [1.29, 1.82) is 5.26 Å². The largest absolute Gasteiger partial charge is 0.374 e. The van der Waals surface area contributed by atoms with E-state index in [-0.39, 0.29) is 0 Å². The zero-order valence-corrected chi connectivity index (χ0v) is 9.67. The number of hydrogen-bond donors (Lipinski definition) is 1. The van der Waals surface area contributed by atoms with Crippen molar-refractivity contribution in [2.24, 2.45) is 0 Å². The van der Waals surface area contributed by atoms with E-state index in [1.54, 1.807) is 0 Å². The highest BCUT2D eigenvalue weighted by Gasteiger charge is 2.12. The lowest BCUT2D eigenvalue weighted by Crippen LogP contribution is -1.95. The summed E-state index contributed by atoms with van der Waals surface area (Å²) in [5.41, 5.74) is 0.673. The standard InChI is InChI=1S/C16H11NO/c17-10-16(18)15-9-11-5-1-2-6-12(11)13-7-3-4-8-14(13)15/h1-9,16,18H/t16-/m1/s1. The van der Waals surface area contributed by atoms with Crippen molar-refractivity contribution in [2.45, 2.75) is 6.10 Å². The highest BCUT2D eigenvalue weighted by Crippen LogP contribution is 2.31. The van der Waals surface area contributed by atoms with Crippen LogP contribution in [0.1, 0.15) is 11.7 Å². The van der Waals surface area contributed by atoms with Gasteiger partial charge in [0.05, 0.1) is 6.07 Å². The Balaban J connectivity index is 2.51. The Morgan fingerprint density at radius 3 is 2.22 bits per heavy atom. The van der Waals surface area contributed by atoms with Crippen molar-refractivity contribution >= 4 is 21.5 Å². The molecule has 2 heteroatoms. The van der Waals surface area contributed by atoms with Crippen LogP contribution in [-0.2, 0) is 0 Å². The first-order valence-corrected chi connectivity index (χ1v) is 5.79. The first-order chi connectivity index (χ1) is 8.81. The maximum Gasteiger partial charge on any atom is 0.166 e. The highest BCUT2D eigenvalue weighted by atomic mass is 16.3. The number of nitrogens with zero attached hydrogens (tertiary/aromatic N) is 1. The quantitative estimate of drug-likeness (QED) is 0.516. The highest BCUT2D eigenvalue weighted by molar-refractivity contribution is 6.09. The summed E-state index contributed by atoms with van der Waals surface area (Å²) < 4.78 is 0. The number of aliphatic hydroxyl groups is 1. The minimum atomic E-state index is -1.08. The SMILES string of the molecule is N#C[C@@H](O)c1cc2ccccc2c2ccccc12. The molecule has 86 valence electrons. The first-order valence-electron chi connectivity index (χ1n) is 5.79. The molecule has 0 saturated carbocycles. The average molecular weight is 233 g/mol. The molecule has 0 aromatic heterocycles. The molecule has 3 rings (SSSR count). The fraction of sp³-hybridized carbons (Fsp3) is 0.0625. The molecule has 3 aromatic carbocycles. The van der Waals surface area contributed by atoms with Crippen molar-refractivity contribution in [3.8, 4) is 6.07 Å². The molecular weight excluding hydrogens is 222 g/mol. The van der Waals surface area contributed by atoms with Crippen LogP contribution in [0.2, 0.25) is 0 Å². The van der Waals surface area contributed by atoms with Gasteiger partial charge in [-0.25, -0.2) is 0 Å². The van der Waals surface area contributed by atoms with Crippen LogP contribution in [0.15, 0.2) is 54.6 Å². The van der Waals surface area contributed by atoms with E-state index >= 15 is 0 Å². The third kappa shape index (κ3) is 1.54. The van der Waals surface area contributed by atoms with Gasteiger partial charge in [-0.15, -0.1) is 0 Å². The van der Waals surface area contributed by atoms with Crippen LogP contribution in [0.4, 0.5) is 0 Å². The summed E-state index contributed by atoms with van der Waals surface area (Å²) in [4.78, 5) is 0. The lowest BCUT2D eigenvalue weighted by atomic mass is 9.95. The predicted molar refractivity (Wildman–Crippen MR) is 72.0 cm³/mol. The van der Waals surface area contributed by atoms with E-state index in [0.29, 0.717) is 5.56 Å². The summed E-state index contributed by atoms with van der Waals surface area (Å²) in [7, 11) is 0. The van der Waals surface area contributed by atoms with Crippen LogP contribution in [0, 0.1) is 11.3 Å². The van der Waals surface area contributed by atoms with Crippen LogP contribution in [0.5, 0.6) is 0 Å². The van der Waals surface area contributed by atoms with E-state index in [1.165, 1.54) is 0 Å². The summed E-state index contributed by atoms with van der Waals surface area (Å²) in [6, 6.07) is 19.6. The summed E-state index contributed by atoms with van der Waals surface area (Å²) in [5, 5.41) is 22.9. The summed E-state index contributed by atoms with van der Waals surface area (Å²) >= 11 is 0. The molecule has 2 nitrogen and oxygen atoms in total. The number of nitriles is 1. The number of aliphatic hydroxyl groups excluding tert-OH is 1. The molecule has 0 amide bonds. The van der Waals surface area contributed by atoms with E-state index in [2.05, 4.69) is 6.07 Å². The monoisotopic (exact) mass is 233 g/mol. The lowest BCUT2D eigenvalue weighted by Gasteiger charge is -2.11. The number of benzene rings is 3. The van der Waals surface area contributed by atoms with Gasteiger partial charge in [-0.1, -0.05) is 48.5 Å². The second kappa shape index (κ2) is 4.14. The molecule has 0 unspecified atom stereocenters. The Morgan fingerprint density at radius 1 is 0.889 bits per heavy atom. The molecule has 0 bridgehead atoms. The van der Waals surface area contributed by atoms with Gasteiger partial charge >= 0.3 is 0 Å². The van der Waals surface area contributed by atoms with Gasteiger partial charge in [0.25, 0.3) is 0 Å². The number of fused-ring (bicyclic) bond motifs is 3. The van der Waals surface area contributed by atoms with E-state index in [9.17, 15) is 5.11 Å². The molecule has 18 heavy (non-hydrogen) atoms. The summed E-state index contributed by atoms with van der Waals surface area (Å²) in [5.74, 6) is 0. The molecule has 0 radical (unpaired) electrons. The van der Waals surface area contributed by atoms with E-state index < -0.39 is 6.10 Å². The number of hydrogen-bond acceptors (Lipinski definition) is 2. The molecule has 0 aliphatic rings. The third-order valence-electron chi connectivity index (χ3n) is 3.22. The van der Waals surface area contributed by atoms with Crippen molar-refractivity contribution in [2.75, 3.05) is 0 Å². The fourth-order valence-electron chi connectivity index (χ4n) is 2.38. The molecule has 0 spiro atoms. The van der Waals surface area contributed by atoms with Gasteiger partial charge in [0.1, 0.15) is 0 Å². The molecular formula is C16H11NO. The Morgan fingerprint density at radius 2 is 1.50 bits per heavy atom. The van der Waals surface area contributed by atoms with Gasteiger partial charge in [0.2, 0.25) is 0 Å². The maximum absolute atomic E-state index is 9.83. The molecule has 0 saturated heterocycles. The minimum Gasteiger partial charge on any atom is -0.374 e. The molecule has 1 N–H and O–H groups in total. The van der Waals surface area contributed by atoms with Crippen LogP contribution >= 0.6 is 0 Å². The van der Waals surface area contributed by atoms with E-state index in [1.807, 2.05) is 54.6 Å². The minimum absolute atomic E-state index is 0.673. The van der Waals surface area contributed by atoms with Gasteiger partial charge in [0.15, 0.2) is 6.10 Å². The Kier molecular flexibility index (Phi) is 2.47. The maximum atomic E-state index is 9.83. The lowest BCUT2D eigenvalue weighted by molar-refractivity contribution is 0.237. The zero-order chi connectivity index (χ0) is 12.5. The van der Waals surface area contributed by atoms with Gasteiger partial charge in [-0.2, -0.15) is 5.26 Å². The summed E-state index contributed by atoms with van der Waals surface area (Å²) in [6.45, 7) is 0. The van der Waals surface area contributed by atoms with Crippen molar-refractivity contribution < 1.29 is 5.11 Å². The molecule has 1 atom stereocenters. The zero-order valence-electron chi connectivity index (χ0n) is 9.67. The Hall–Kier alpha value is -2.37. The second-order valence-electron chi connectivity index (χ2n) is 4.26. The predicted octanol–water partition coefficient (Wildman–Crippen LogP) is 3.55. The fourth-order valence-corrected chi connectivity index (χ4v) is 2.38. The van der Waals surface area contributed by atoms with Crippen molar-refractivity contribution in [3.63, 3.8) is 0 Å². The molecule has 0 aliphatic heterocycles.